The van der Waals surface area contributed by atoms with Crippen LogP contribution in [0, 0.1) is 20.8 Å². The third kappa shape index (κ3) is 5.65. The van der Waals surface area contributed by atoms with Gasteiger partial charge in [-0.2, -0.15) is 0 Å². The van der Waals surface area contributed by atoms with Gasteiger partial charge in [0.05, 0.1) is 0 Å². The first kappa shape index (κ1) is 27.6. The number of furan rings is 2. The van der Waals surface area contributed by atoms with E-state index in [-0.39, 0.29) is 18.8 Å². The summed E-state index contributed by atoms with van der Waals surface area (Å²) < 4.78 is 33.8. The summed E-state index contributed by atoms with van der Waals surface area (Å²) in [4.78, 5) is 28.8. The molecular weight excluding hydrogens is 556 g/mol. The standard InChI is InChI=1S/C32H26N2O9/c1-17-8-9-33-13-20(17)14-38-22-4-7-28-26(12-22)30(19(3)42-28)32(37)40-16-24-10-21(34-43-24)15-39-23-5-6-27-25(11-23)29(31(35)36)18(2)41-27/h4-13H,14-16H2,1-3H3,(H,35,36). The number of carboxylic acids is 1. The second-order valence-electron chi connectivity index (χ2n) is 9.93. The van der Waals surface area contributed by atoms with Crippen molar-refractivity contribution in [1.82, 2.24) is 10.1 Å². The quantitative estimate of drug-likeness (QED) is 0.172. The molecule has 0 saturated heterocycles. The van der Waals surface area contributed by atoms with Gasteiger partial charge in [0.1, 0.15) is 64.2 Å². The van der Waals surface area contributed by atoms with Crippen molar-refractivity contribution in [2.24, 2.45) is 0 Å². The van der Waals surface area contributed by atoms with Crippen molar-refractivity contribution >= 4 is 33.9 Å². The minimum absolute atomic E-state index is 0.0506. The molecule has 0 fully saturated rings. The summed E-state index contributed by atoms with van der Waals surface area (Å²) in [6.07, 6.45) is 3.49. The molecule has 0 unspecified atom stereocenters. The number of carbonyl (C=O) groups excluding carboxylic acids is 1. The molecule has 6 rings (SSSR count). The number of benzene rings is 2. The first-order valence-electron chi connectivity index (χ1n) is 13.3. The fraction of sp³-hybridized carbons (Fsp3) is 0.188. The molecule has 4 heterocycles. The number of hydrogen-bond acceptors (Lipinski definition) is 10. The number of aryl methyl sites for hydroxylation is 3. The molecule has 218 valence electrons. The minimum Gasteiger partial charge on any atom is -0.489 e. The number of aromatic nitrogens is 2. The van der Waals surface area contributed by atoms with Gasteiger partial charge in [-0.1, -0.05) is 5.16 Å². The van der Waals surface area contributed by atoms with Crippen LogP contribution >= 0.6 is 0 Å². The van der Waals surface area contributed by atoms with Crippen molar-refractivity contribution in [2.45, 2.75) is 40.6 Å². The molecule has 0 saturated carbocycles. The highest BCUT2D eigenvalue weighted by molar-refractivity contribution is 6.05. The molecule has 2 aromatic carbocycles. The Morgan fingerprint density at radius 1 is 0.814 bits per heavy atom. The second kappa shape index (κ2) is 11.4. The van der Waals surface area contributed by atoms with Crippen molar-refractivity contribution in [3.8, 4) is 11.5 Å². The molecule has 11 nitrogen and oxygen atoms in total. The first-order chi connectivity index (χ1) is 20.8. The van der Waals surface area contributed by atoms with Gasteiger partial charge in [-0.05, 0) is 68.8 Å². The summed E-state index contributed by atoms with van der Waals surface area (Å²) >= 11 is 0. The summed E-state index contributed by atoms with van der Waals surface area (Å²) in [7, 11) is 0. The van der Waals surface area contributed by atoms with Gasteiger partial charge >= 0.3 is 11.9 Å². The number of aromatic carboxylic acids is 1. The summed E-state index contributed by atoms with van der Waals surface area (Å²) in [6.45, 7) is 5.51. The molecule has 0 aliphatic heterocycles. The average Bonchev–Trinajstić information content (AvgIpc) is 3.67. The van der Waals surface area contributed by atoms with Crippen molar-refractivity contribution in [3.05, 3.63) is 106 Å². The zero-order chi connectivity index (χ0) is 30.1. The molecule has 6 aromatic rings. The molecule has 0 aliphatic carbocycles. The number of rotatable bonds is 10. The molecule has 0 amide bonds. The number of hydrogen-bond donors (Lipinski definition) is 1. The number of fused-ring (bicyclic) bond motifs is 2. The Morgan fingerprint density at radius 2 is 1.47 bits per heavy atom. The predicted octanol–water partition coefficient (Wildman–Crippen LogP) is 6.70. The Hall–Kier alpha value is -5.58. The fourth-order valence-electron chi connectivity index (χ4n) is 4.76. The summed E-state index contributed by atoms with van der Waals surface area (Å²) in [5, 5.41) is 14.5. The SMILES string of the molecule is Cc1ccncc1COc1ccc2oc(C)c(C(=O)OCc3cc(COc4ccc5oc(C)c(C(=O)O)c5c4)no3)c2c1. The van der Waals surface area contributed by atoms with E-state index in [4.69, 9.17) is 27.6 Å². The van der Waals surface area contributed by atoms with E-state index in [1.54, 1.807) is 68.7 Å². The predicted molar refractivity (Wildman–Crippen MR) is 152 cm³/mol. The van der Waals surface area contributed by atoms with Gasteiger partial charge in [-0.25, -0.2) is 9.59 Å². The maximum absolute atomic E-state index is 13.1. The maximum atomic E-state index is 13.1. The zero-order valence-corrected chi connectivity index (χ0v) is 23.5. The minimum atomic E-state index is -1.08. The largest absolute Gasteiger partial charge is 0.489 e. The van der Waals surface area contributed by atoms with Crippen LogP contribution in [0.4, 0.5) is 0 Å². The number of ether oxygens (including phenoxy) is 3. The van der Waals surface area contributed by atoms with E-state index in [1.165, 1.54) is 0 Å². The molecule has 0 radical (unpaired) electrons. The molecule has 0 bridgehead atoms. The van der Waals surface area contributed by atoms with Crippen molar-refractivity contribution in [2.75, 3.05) is 0 Å². The highest BCUT2D eigenvalue weighted by atomic mass is 16.6. The summed E-state index contributed by atoms with van der Waals surface area (Å²) in [5.74, 6) is 0.416. The van der Waals surface area contributed by atoms with Crippen LogP contribution in [-0.2, 0) is 24.6 Å². The maximum Gasteiger partial charge on any atom is 0.342 e. The van der Waals surface area contributed by atoms with Gasteiger partial charge in [-0.3, -0.25) is 4.98 Å². The van der Waals surface area contributed by atoms with Gasteiger partial charge in [0.15, 0.2) is 12.4 Å². The zero-order valence-electron chi connectivity index (χ0n) is 23.5. The third-order valence-electron chi connectivity index (χ3n) is 6.97. The summed E-state index contributed by atoms with van der Waals surface area (Å²) in [5.41, 5.74) is 3.88. The van der Waals surface area contributed by atoms with E-state index in [0.29, 0.717) is 68.6 Å². The van der Waals surface area contributed by atoms with Crippen LogP contribution in [0.1, 0.15) is 54.8 Å². The van der Waals surface area contributed by atoms with Crippen molar-refractivity contribution in [3.63, 3.8) is 0 Å². The lowest BCUT2D eigenvalue weighted by Gasteiger charge is -2.08. The molecule has 11 heteroatoms. The molecule has 0 spiro atoms. The lowest BCUT2D eigenvalue weighted by Crippen LogP contribution is -2.06. The van der Waals surface area contributed by atoms with E-state index in [2.05, 4.69) is 10.1 Å². The molecule has 43 heavy (non-hydrogen) atoms. The molecule has 0 atom stereocenters. The number of pyridine rings is 1. The van der Waals surface area contributed by atoms with Crippen LogP contribution in [0.5, 0.6) is 11.5 Å². The number of carbonyl (C=O) groups is 2. The number of nitrogens with zero attached hydrogens (tertiary/aromatic N) is 2. The van der Waals surface area contributed by atoms with Crippen LogP contribution in [-0.4, -0.2) is 27.2 Å². The second-order valence-corrected chi connectivity index (χ2v) is 9.93. The Bertz CT molecular complexity index is 1980. The highest BCUT2D eigenvalue weighted by Crippen LogP contribution is 2.31. The Kier molecular flexibility index (Phi) is 7.29. The van der Waals surface area contributed by atoms with Crippen molar-refractivity contribution in [1.29, 1.82) is 0 Å². The molecule has 4 aromatic heterocycles. The van der Waals surface area contributed by atoms with Gasteiger partial charge in [0, 0.05) is 34.8 Å². The molecule has 1 N–H and O–H groups in total. The Balaban J connectivity index is 1.09. The Morgan fingerprint density at radius 3 is 2.14 bits per heavy atom. The highest BCUT2D eigenvalue weighted by Gasteiger charge is 2.22. The van der Waals surface area contributed by atoms with Crippen LogP contribution < -0.4 is 9.47 Å². The lowest BCUT2D eigenvalue weighted by molar-refractivity contribution is 0.0437. The van der Waals surface area contributed by atoms with Gasteiger partial charge < -0.3 is 32.7 Å². The van der Waals surface area contributed by atoms with E-state index in [9.17, 15) is 14.7 Å². The summed E-state index contributed by atoms with van der Waals surface area (Å²) in [6, 6.07) is 13.7. The van der Waals surface area contributed by atoms with Crippen LogP contribution in [0.25, 0.3) is 21.9 Å². The van der Waals surface area contributed by atoms with Crippen LogP contribution in [0.15, 0.2) is 74.3 Å². The molecular formula is C32H26N2O9. The van der Waals surface area contributed by atoms with Crippen molar-refractivity contribution < 1.29 is 42.3 Å². The number of carboxylic acid groups (broad SMARTS) is 1. The van der Waals surface area contributed by atoms with Crippen LogP contribution in [0.3, 0.4) is 0 Å². The van der Waals surface area contributed by atoms with Gasteiger partial charge in [0.2, 0.25) is 0 Å². The van der Waals surface area contributed by atoms with Gasteiger partial charge in [0.25, 0.3) is 0 Å². The normalized spacial score (nSPS) is 11.2. The van der Waals surface area contributed by atoms with Gasteiger partial charge in [-0.15, -0.1) is 0 Å². The monoisotopic (exact) mass is 582 g/mol. The van der Waals surface area contributed by atoms with E-state index in [1.807, 2.05) is 13.0 Å². The Labute approximate surface area is 244 Å². The lowest BCUT2D eigenvalue weighted by atomic mass is 10.1. The van der Waals surface area contributed by atoms with E-state index in [0.717, 1.165) is 11.1 Å². The fourth-order valence-corrected chi connectivity index (χ4v) is 4.76. The third-order valence-corrected chi connectivity index (χ3v) is 6.97. The first-order valence-corrected chi connectivity index (χ1v) is 13.3. The topological polar surface area (TPSA) is 147 Å². The van der Waals surface area contributed by atoms with E-state index >= 15 is 0 Å². The smallest absolute Gasteiger partial charge is 0.342 e. The van der Waals surface area contributed by atoms with Crippen LogP contribution in [0.2, 0.25) is 0 Å². The number of esters is 1. The van der Waals surface area contributed by atoms with E-state index < -0.39 is 11.9 Å². The average molecular weight is 583 g/mol. The molecule has 0 aliphatic rings.